The number of pyridine rings is 1. The molecule has 1 aromatic rings. The maximum Gasteiger partial charge on any atom is 0.408 e. The van der Waals surface area contributed by atoms with Gasteiger partial charge in [0.25, 0.3) is 0 Å². The van der Waals surface area contributed by atoms with Gasteiger partial charge in [-0.15, -0.1) is 0 Å². The molecule has 84 valence electrons. The van der Waals surface area contributed by atoms with Crippen LogP contribution in [0.2, 0.25) is 0 Å². The van der Waals surface area contributed by atoms with Crippen molar-refractivity contribution in [2.75, 3.05) is 0 Å². The first-order chi connectivity index (χ1) is 7.61. The monoisotopic (exact) mass is 220 g/mol. The van der Waals surface area contributed by atoms with Crippen LogP contribution in [0.3, 0.4) is 0 Å². The Morgan fingerprint density at radius 1 is 1.62 bits per heavy atom. The second-order valence-corrected chi connectivity index (χ2v) is 3.85. The van der Waals surface area contributed by atoms with E-state index in [0.717, 1.165) is 5.56 Å². The fourth-order valence-corrected chi connectivity index (χ4v) is 1.98. The van der Waals surface area contributed by atoms with E-state index in [1.807, 2.05) is 6.07 Å². The summed E-state index contributed by atoms with van der Waals surface area (Å²) in [5, 5.41) is 8.93. The third kappa shape index (κ3) is 1.64. The second kappa shape index (κ2) is 3.92. The minimum absolute atomic E-state index is 0.0220. The zero-order valence-electron chi connectivity index (χ0n) is 8.83. The van der Waals surface area contributed by atoms with E-state index in [9.17, 15) is 9.59 Å². The third-order valence-corrected chi connectivity index (χ3v) is 2.87. The largest absolute Gasteiger partial charge is 0.465 e. The van der Waals surface area contributed by atoms with Crippen molar-refractivity contribution < 1.29 is 14.7 Å². The summed E-state index contributed by atoms with van der Waals surface area (Å²) in [6.07, 6.45) is 2.66. The second-order valence-electron chi connectivity index (χ2n) is 3.85. The van der Waals surface area contributed by atoms with Crippen molar-refractivity contribution in [3.8, 4) is 0 Å². The molecule has 0 aliphatic carbocycles. The van der Waals surface area contributed by atoms with Crippen LogP contribution in [0.1, 0.15) is 12.5 Å². The van der Waals surface area contributed by atoms with Crippen molar-refractivity contribution in [3.63, 3.8) is 0 Å². The number of hydrogen-bond acceptors (Lipinski definition) is 3. The Morgan fingerprint density at radius 3 is 2.94 bits per heavy atom. The van der Waals surface area contributed by atoms with E-state index in [-0.39, 0.29) is 5.78 Å². The van der Waals surface area contributed by atoms with Gasteiger partial charge in [-0.05, 0) is 18.6 Å². The lowest BCUT2D eigenvalue weighted by Crippen LogP contribution is -2.66. The van der Waals surface area contributed by atoms with Gasteiger partial charge < -0.3 is 5.11 Å². The van der Waals surface area contributed by atoms with Crippen LogP contribution in [0, 0.1) is 0 Å². The number of hydrogen-bond donors (Lipinski definition) is 1. The molecule has 1 saturated heterocycles. The highest BCUT2D eigenvalue weighted by atomic mass is 16.4. The number of carboxylic acid groups (broad SMARTS) is 1. The van der Waals surface area contributed by atoms with Gasteiger partial charge in [0.2, 0.25) is 0 Å². The predicted octanol–water partition coefficient (Wildman–Crippen LogP) is 0.944. The molecule has 2 atom stereocenters. The maximum absolute atomic E-state index is 11.6. The highest BCUT2D eigenvalue weighted by molar-refractivity contribution is 6.00. The summed E-state index contributed by atoms with van der Waals surface area (Å²) in [4.78, 5) is 27.6. The van der Waals surface area contributed by atoms with Crippen LogP contribution >= 0.6 is 0 Å². The van der Waals surface area contributed by atoms with Gasteiger partial charge >= 0.3 is 6.09 Å². The summed E-state index contributed by atoms with van der Waals surface area (Å²) in [5.74, 6) is -0.0220. The van der Waals surface area contributed by atoms with Gasteiger partial charge in [-0.25, -0.2) is 4.79 Å². The number of likely N-dealkylation sites (tertiary alicyclic amines) is 1. The highest BCUT2D eigenvalue weighted by Crippen LogP contribution is 2.24. The number of nitrogens with zero attached hydrogens (tertiary/aromatic N) is 2. The minimum Gasteiger partial charge on any atom is -0.465 e. The summed E-state index contributed by atoms with van der Waals surface area (Å²) < 4.78 is 0. The van der Waals surface area contributed by atoms with Crippen molar-refractivity contribution in [1.29, 1.82) is 0 Å². The van der Waals surface area contributed by atoms with E-state index in [1.165, 1.54) is 4.90 Å². The number of rotatable bonds is 2. The molecule has 0 aromatic carbocycles. The van der Waals surface area contributed by atoms with Crippen molar-refractivity contribution in [2.24, 2.45) is 0 Å². The first kappa shape index (κ1) is 10.6. The number of carbonyl (C=O) groups is 2. The first-order valence-electron chi connectivity index (χ1n) is 5.05. The number of Topliss-reactive ketones (excluding diaryl/α,β-unsaturated/α-hetero) is 1. The summed E-state index contributed by atoms with van der Waals surface area (Å²) in [5.41, 5.74) is 0.874. The van der Waals surface area contributed by atoms with Gasteiger partial charge in [0, 0.05) is 18.8 Å². The Hall–Kier alpha value is -1.91. The molecule has 1 amide bonds. The quantitative estimate of drug-likeness (QED) is 0.805. The van der Waals surface area contributed by atoms with Crippen molar-refractivity contribution in [3.05, 3.63) is 30.1 Å². The van der Waals surface area contributed by atoms with Gasteiger partial charge in [0.15, 0.2) is 5.78 Å². The number of ketones is 1. The van der Waals surface area contributed by atoms with Crippen molar-refractivity contribution in [1.82, 2.24) is 9.88 Å². The Bertz CT molecular complexity index is 418. The molecule has 1 aliphatic heterocycles. The zero-order valence-corrected chi connectivity index (χ0v) is 8.83. The lowest BCUT2D eigenvalue weighted by molar-refractivity contribution is -0.140. The van der Waals surface area contributed by atoms with E-state index < -0.39 is 18.2 Å². The molecule has 0 radical (unpaired) electrons. The number of amides is 1. The van der Waals surface area contributed by atoms with E-state index in [0.29, 0.717) is 6.42 Å². The Morgan fingerprint density at radius 2 is 2.38 bits per heavy atom. The number of carbonyl (C=O) groups excluding carboxylic acids is 1. The van der Waals surface area contributed by atoms with Gasteiger partial charge in [-0.2, -0.15) is 0 Å². The average molecular weight is 220 g/mol. The molecule has 1 aliphatic rings. The first-order valence-corrected chi connectivity index (χ1v) is 5.05. The van der Waals surface area contributed by atoms with Crippen molar-refractivity contribution >= 4 is 11.9 Å². The fraction of sp³-hybridized carbons (Fsp3) is 0.364. The van der Waals surface area contributed by atoms with Crippen LogP contribution in [0.4, 0.5) is 4.79 Å². The molecule has 5 heteroatoms. The molecule has 1 aromatic heterocycles. The van der Waals surface area contributed by atoms with E-state index in [2.05, 4.69) is 4.98 Å². The molecule has 0 saturated carbocycles. The summed E-state index contributed by atoms with van der Waals surface area (Å²) >= 11 is 0. The molecule has 0 spiro atoms. The van der Waals surface area contributed by atoms with Crippen LogP contribution in [0.25, 0.3) is 0 Å². The van der Waals surface area contributed by atoms with Crippen LogP contribution in [0.5, 0.6) is 0 Å². The fourth-order valence-electron chi connectivity index (χ4n) is 1.98. The lowest BCUT2D eigenvalue weighted by Gasteiger charge is -2.43. The molecule has 2 rings (SSSR count). The van der Waals surface area contributed by atoms with Gasteiger partial charge in [-0.3, -0.25) is 14.7 Å². The zero-order chi connectivity index (χ0) is 11.7. The van der Waals surface area contributed by atoms with Crippen LogP contribution < -0.4 is 0 Å². The normalized spacial score (nSPS) is 24.1. The summed E-state index contributed by atoms with van der Waals surface area (Å²) in [6.45, 7) is 1.61. The maximum atomic E-state index is 11.6. The molecule has 1 fully saturated rings. The molecular weight excluding hydrogens is 208 g/mol. The standard InChI is InChI=1S/C11H12N2O3/c1-7-10(14)9(13(7)11(15)16)5-8-3-2-4-12-6-8/h2-4,6-7,9H,5H2,1H3,(H,15,16)/t7?,9-/m0/s1. The number of aromatic nitrogens is 1. The predicted molar refractivity (Wildman–Crippen MR) is 56.1 cm³/mol. The Kier molecular flexibility index (Phi) is 2.60. The smallest absolute Gasteiger partial charge is 0.408 e. The van der Waals surface area contributed by atoms with Crippen LogP contribution in [-0.4, -0.2) is 39.0 Å². The minimum atomic E-state index is -1.04. The van der Waals surface area contributed by atoms with Crippen molar-refractivity contribution in [2.45, 2.75) is 25.4 Å². The topological polar surface area (TPSA) is 70.5 Å². The van der Waals surface area contributed by atoms with Crippen LogP contribution in [0.15, 0.2) is 24.5 Å². The summed E-state index contributed by atoms with van der Waals surface area (Å²) in [7, 11) is 0. The van der Waals surface area contributed by atoms with Gasteiger partial charge in [-0.1, -0.05) is 6.07 Å². The SMILES string of the molecule is CC1C(=O)[C@H](Cc2cccnc2)N1C(=O)O. The molecule has 0 bridgehead atoms. The third-order valence-electron chi connectivity index (χ3n) is 2.87. The molecule has 5 nitrogen and oxygen atoms in total. The van der Waals surface area contributed by atoms with Gasteiger partial charge in [0.1, 0.15) is 6.04 Å². The molecule has 16 heavy (non-hydrogen) atoms. The van der Waals surface area contributed by atoms with E-state index in [1.54, 1.807) is 25.4 Å². The Balaban J connectivity index is 2.10. The van der Waals surface area contributed by atoms with Crippen LogP contribution in [-0.2, 0) is 11.2 Å². The lowest BCUT2D eigenvalue weighted by atomic mass is 9.88. The average Bonchev–Trinajstić information content (AvgIpc) is 2.28. The van der Waals surface area contributed by atoms with E-state index in [4.69, 9.17) is 5.11 Å². The summed E-state index contributed by atoms with van der Waals surface area (Å²) in [6, 6.07) is 2.55. The van der Waals surface area contributed by atoms with E-state index >= 15 is 0 Å². The molecular formula is C11H12N2O3. The van der Waals surface area contributed by atoms with Gasteiger partial charge in [0.05, 0.1) is 6.04 Å². The molecule has 1 unspecified atom stereocenters. The molecule has 2 heterocycles. The Labute approximate surface area is 92.7 Å². The molecule has 1 N–H and O–H groups in total. The highest BCUT2D eigenvalue weighted by Gasteiger charge is 2.47.